The Balaban J connectivity index is 1.88. The predicted octanol–water partition coefficient (Wildman–Crippen LogP) is 2.17. The highest BCUT2D eigenvalue weighted by atomic mass is 32.1. The molecular formula is C18H19N5O3S. The number of rotatable bonds is 3. The van der Waals surface area contributed by atoms with Crippen molar-refractivity contribution in [2.45, 2.75) is 45.3 Å². The lowest BCUT2D eigenvalue weighted by Gasteiger charge is -2.50. The minimum atomic E-state index is -1.41. The van der Waals surface area contributed by atoms with Gasteiger partial charge in [0.2, 0.25) is 16.7 Å². The van der Waals surface area contributed by atoms with Crippen LogP contribution in [-0.2, 0) is 9.59 Å². The summed E-state index contributed by atoms with van der Waals surface area (Å²) >= 11 is 1.25. The number of anilines is 2. The van der Waals surface area contributed by atoms with Gasteiger partial charge in [0, 0.05) is 18.9 Å². The van der Waals surface area contributed by atoms with Crippen molar-refractivity contribution in [2.24, 2.45) is 0 Å². The molecule has 4 rings (SSSR count). The molecule has 0 radical (unpaired) electrons. The second kappa shape index (κ2) is 6.12. The second-order valence-electron chi connectivity index (χ2n) is 6.91. The number of fused-ring (bicyclic) bond motifs is 3. The van der Waals surface area contributed by atoms with Crippen LogP contribution in [0.2, 0.25) is 0 Å². The van der Waals surface area contributed by atoms with Crippen molar-refractivity contribution in [3.05, 3.63) is 34.8 Å². The molecule has 1 fully saturated rings. The molecule has 1 saturated heterocycles. The summed E-state index contributed by atoms with van der Waals surface area (Å²) in [6, 6.07) is 6.65. The summed E-state index contributed by atoms with van der Waals surface area (Å²) in [5.41, 5.74) is -0.502. The summed E-state index contributed by atoms with van der Waals surface area (Å²) in [6.45, 7) is 5.48. The molecule has 1 aromatic carbocycles. The van der Waals surface area contributed by atoms with E-state index in [4.69, 9.17) is 0 Å². The number of hydrogen-bond donors (Lipinski definition) is 1. The van der Waals surface area contributed by atoms with Crippen molar-refractivity contribution in [1.82, 2.24) is 15.1 Å². The molecule has 1 N–H and O–H groups in total. The molecule has 8 nitrogen and oxygen atoms in total. The largest absolute Gasteiger partial charge is 0.304 e. The lowest BCUT2D eigenvalue weighted by molar-refractivity contribution is -0.129. The van der Waals surface area contributed by atoms with Crippen molar-refractivity contribution in [2.75, 3.05) is 10.2 Å². The Morgan fingerprint density at radius 2 is 2.00 bits per heavy atom. The maximum atomic E-state index is 13.4. The fraction of sp³-hybridized carbons (Fsp3) is 0.389. The summed E-state index contributed by atoms with van der Waals surface area (Å²) in [5, 5.41) is 11.7. The Morgan fingerprint density at radius 1 is 1.26 bits per heavy atom. The molecule has 140 valence electrons. The number of para-hydroxylation sites is 1. The smallest absolute Gasteiger partial charge is 0.273 e. The lowest BCUT2D eigenvalue weighted by Crippen LogP contribution is -2.70. The quantitative estimate of drug-likeness (QED) is 0.874. The molecule has 2 aliphatic heterocycles. The molecule has 0 spiro atoms. The summed E-state index contributed by atoms with van der Waals surface area (Å²) in [5.74, 6) is -0.875. The van der Waals surface area contributed by atoms with E-state index in [0.29, 0.717) is 21.4 Å². The Kier molecular flexibility index (Phi) is 3.99. The van der Waals surface area contributed by atoms with Crippen LogP contribution < -0.4 is 10.2 Å². The highest BCUT2D eigenvalue weighted by molar-refractivity contribution is 7.15. The number of benzene rings is 1. The van der Waals surface area contributed by atoms with Crippen LogP contribution in [0, 0.1) is 6.92 Å². The van der Waals surface area contributed by atoms with Gasteiger partial charge in [-0.1, -0.05) is 23.5 Å². The van der Waals surface area contributed by atoms with E-state index in [2.05, 4.69) is 15.5 Å². The van der Waals surface area contributed by atoms with Crippen LogP contribution in [0.1, 0.15) is 42.1 Å². The van der Waals surface area contributed by atoms with Crippen LogP contribution in [0.15, 0.2) is 24.3 Å². The van der Waals surface area contributed by atoms with Gasteiger partial charge >= 0.3 is 0 Å². The molecule has 3 amide bonds. The third-order valence-electron chi connectivity index (χ3n) is 4.93. The SMILES string of the molecule is Cc1nnc(NC(=O)[C@]23CCC(=O)N2c2ccccc2C(=O)N3C(C)C)s1. The molecule has 0 bridgehead atoms. The standard InChI is InChI=1S/C18H19N5O3S/c1-10(2)22-15(25)12-6-4-5-7-13(12)23-14(24)8-9-18(22,23)16(26)19-17-21-20-11(3)27-17/h4-7,10H,8-9H2,1-3H3,(H,19,21,26)/t18-/m0/s1. The Morgan fingerprint density at radius 3 is 2.67 bits per heavy atom. The van der Waals surface area contributed by atoms with Crippen molar-refractivity contribution < 1.29 is 14.4 Å². The molecule has 2 aliphatic rings. The number of amides is 3. The number of carbonyl (C=O) groups is 3. The Bertz CT molecular complexity index is 956. The van der Waals surface area contributed by atoms with Crippen molar-refractivity contribution in [3.63, 3.8) is 0 Å². The molecule has 0 saturated carbocycles. The van der Waals surface area contributed by atoms with Gasteiger partial charge in [0.15, 0.2) is 0 Å². The van der Waals surface area contributed by atoms with Gasteiger partial charge in [-0.2, -0.15) is 0 Å². The van der Waals surface area contributed by atoms with Gasteiger partial charge in [-0.3, -0.25) is 24.6 Å². The lowest BCUT2D eigenvalue weighted by atomic mass is 9.94. The second-order valence-corrected chi connectivity index (χ2v) is 8.09. The fourth-order valence-corrected chi connectivity index (χ4v) is 4.54. The first kappa shape index (κ1) is 17.6. The van der Waals surface area contributed by atoms with Crippen LogP contribution in [0.5, 0.6) is 0 Å². The van der Waals surface area contributed by atoms with Crippen LogP contribution in [-0.4, -0.2) is 44.5 Å². The number of carbonyl (C=O) groups excluding carboxylic acids is 3. The predicted molar refractivity (Wildman–Crippen MR) is 100 cm³/mol. The van der Waals surface area contributed by atoms with E-state index in [1.807, 2.05) is 13.8 Å². The fourth-order valence-electron chi connectivity index (χ4n) is 3.95. The van der Waals surface area contributed by atoms with Crippen LogP contribution in [0.25, 0.3) is 0 Å². The molecule has 2 aromatic rings. The minimum absolute atomic E-state index is 0.177. The summed E-state index contributed by atoms with van der Waals surface area (Å²) in [6.07, 6.45) is 0.418. The van der Waals surface area contributed by atoms with E-state index in [0.717, 1.165) is 0 Å². The van der Waals surface area contributed by atoms with E-state index < -0.39 is 11.6 Å². The first-order valence-electron chi connectivity index (χ1n) is 8.73. The molecule has 1 aromatic heterocycles. The van der Waals surface area contributed by atoms with Gasteiger partial charge in [-0.15, -0.1) is 10.2 Å². The Labute approximate surface area is 160 Å². The maximum absolute atomic E-state index is 13.4. The molecule has 3 heterocycles. The van der Waals surface area contributed by atoms with Crippen molar-refractivity contribution in [1.29, 1.82) is 0 Å². The van der Waals surface area contributed by atoms with Crippen molar-refractivity contribution >= 4 is 39.9 Å². The maximum Gasteiger partial charge on any atom is 0.273 e. The van der Waals surface area contributed by atoms with E-state index >= 15 is 0 Å². The molecule has 27 heavy (non-hydrogen) atoms. The first-order valence-corrected chi connectivity index (χ1v) is 9.55. The molecule has 0 unspecified atom stereocenters. The number of aromatic nitrogens is 2. The summed E-state index contributed by atoms with van der Waals surface area (Å²) in [7, 11) is 0. The third kappa shape index (κ3) is 2.45. The van der Waals surface area contributed by atoms with Gasteiger partial charge in [0.25, 0.3) is 11.8 Å². The number of aryl methyl sites for hydroxylation is 1. The molecular weight excluding hydrogens is 366 g/mol. The van der Waals surface area contributed by atoms with Crippen molar-refractivity contribution in [3.8, 4) is 0 Å². The number of hydrogen-bond acceptors (Lipinski definition) is 6. The van der Waals surface area contributed by atoms with Gasteiger partial charge in [-0.05, 0) is 32.9 Å². The topological polar surface area (TPSA) is 95.5 Å². The van der Waals surface area contributed by atoms with E-state index in [1.165, 1.54) is 21.1 Å². The molecule has 0 aliphatic carbocycles. The summed E-state index contributed by atoms with van der Waals surface area (Å²) < 4.78 is 0. The normalized spacial score (nSPS) is 21.5. The van der Waals surface area contributed by atoms with Crippen LogP contribution in [0.4, 0.5) is 10.8 Å². The summed E-state index contributed by atoms with van der Waals surface area (Å²) in [4.78, 5) is 42.5. The zero-order valence-corrected chi connectivity index (χ0v) is 16.0. The number of nitrogens with zero attached hydrogens (tertiary/aromatic N) is 4. The van der Waals surface area contributed by atoms with Gasteiger partial charge in [0.1, 0.15) is 5.01 Å². The van der Waals surface area contributed by atoms with E-state index in [-0.39, 0.29) is 30.7 Å². The highest BCUT2D eigenvalue weighted by Crippen LogP contribution is 2.45. The van der Waals surface area contributed by atoms with Gasteiger partial charge in [-0.25, -0.2) is 0 Å². The van der Waals surface area contributed by atoms with E-state index in [9.17, 15) is 14.4 Å². The average molecular weight is 385 g/mol. The van der Waals surface area contributed by atoms with Gasteiger partial charge < -0.3 is 4.90 Å². The third-order valence-corrected chi connectivity index (χ3v) is 5.68. The van der Waals surface area contributed by atoms with E-state index in [1.54, 1.807) is 31.2 Å². The zero-order chi connectivity index (χ0) is 19.3. The zero-order valence-electron chi connectivity index (χ0n) is 15.2. The number of nitrogens with one attached hydrogen (secondary N) is 1. The van der Waals surface area contributed by atoms with Crippen LogP contribution >= 0.6 is 11.3 Å². The molecule has 9 heteroatoms. The monoisotopic (exact) mass is 385 g/mol. The highest BCUT2D eigenvalue weighted by Gasteiger charge is 2.61. The van der Waals surface area contributed by atoms with Gasteiger partial charge in [0.05, 0.1) is 11.3 Å². The molecule has 1 atom stereocenters. The minimum Gasteiger partial charge on any atom is -0.304 e. The Hall–Kier alpha value is -2.81. The average Bonchev–Trinajstić information content (AvgIpc) is 3.19. The van der Waals surface area contributed by atoms with Crippen LogP contribution in [0.3, 0.4) is 0 Å². The first-order chi connectivity index (χ1) is 12.9.